The van der Waals surface area contributed by atoms with E-state index in [4.69, 9.17) is 21.7 Å². The lowest BCUT2D eigenvalue weighted by Gasteiger charge is -2.11. The van der Waals surface area contributed by atoms with E-state index in [1.54, 1.807) is 62.8 Å². The number of amides is 2. The van der Waals surface area contributed by atoms with Crippen LogP contribution in [0.4, 0.5) is 5.69 Å². The molecule has 0 saturated heterocycles. The van der Waals surface area contributed by atoms with Crippen LogP contribution in [-0.4, -0.2) is 44.3 Å². The quantitative estimate of drug-likeness (QED) is 0.465. The maximum absolute atomic E-state index is 12.2. The Morgan fingerprint density at radius 1 is 1.00 bits per heavy atom. The average Bonchev–Trinajstić information content (AvgIpc) is 2.71. The molecule has 0 aliphatic carbocycles. The Labute approximate surface area is 169 Å². The normalized spacial score (nSPS) is 10.1. The summed E-state index contributed by atoms with van der Waals surface area (Å²) >= 11 is 5.19. The second-order valence-corrected chi connectivity index (χ2v) is 6.23. The summed E-state index contributed by atoms with van der Waals surface area (Å²) in [6, 6.07) is 13.5. The van der Waals surface area contributed by atoms with E-state index >= 15 is 0 Å². The Balaban J connectivity index is 1.90. The number of nitrogens with one attached hydrogen (secondary N) is 3. The molecule has 148 valence electrons. The van der Waals surface area contributed by atoms with Crippen molar-refractivity contribution in [2.24, 2.45) is 0 Å². The first-order chi connectivity index (χ1) is 13.5. The second-order valence-electron chi connectivity index (χ2n) is 5.82. The van der Waals surface area contributed by atoms with Crippen LogP contribution in [0.15, 0.2) is 48.5 Å². The monoisotopic (exact) mass is 401 g/mol. The number of ether oxygens (including phenoxy) is 2. The van der Waals surface area contributed by atoms with E-state index in [-0.39, 0.29) is 16.9 Å². The van der Waals surface area contributed by atoms with Gasteiger partial charge in [0.1, 0.15) is 5.75 Å². The fraction of sp³-hybridized carbons (Fsp3) is 0.250. The van der Waals surface area contributed by atoms with Gasteiger partial charge in [-0.2, -0.15) is 0 Å². The van der Waals surface area contributed by atoms with Crippen LogP contribution in [0.5, 0.6) is 5.75 Å². The minimum atomic E-state index is -0.341. The van der Waals surface area contributed by atoms with Crippen molar-refractivity contribution in [2.75, 3.05) is 32.7 Å². The SMILES string of the molecule is COCCCNC(=O)c1cccc(NC(=S)NC(=O)c2ccc(OC)cc2)c1. The van der Waals surface area contributed by atoms with Crippen molar-refractivity contribution in [1.29, 1.82) is 0 Å². The Morgan fingerprint density at radius 2 is 1.75 bits per heavy atom. The van der Waals surface area contributed by atoms with Crippen LogP contribution in [0, 0.1) is 0 Å². The number of hydrogen-bond acceptors (Lipinski definition) is 5. The molecule has 7 nitrogen and oxygen atoms in total. The Hall–Kier alpha value is -2.97. The predicted octanol–water partition coefficient (Wildman–Crippen LogP) is 2.59. The van der Waals surface area contributed by atoms with Crippen molar-refractivity contribution < 1.29 is 19.1 Å². The minimum Gasteiger partial charge on any atom is -0.497 e. The molecule has 0 bridgehead atoms. The van der Waals surface area contributed by atoms with Crippen LogP contribution in [0.2, 0.25) is 0 Å². The molecule has 0 saturated carbocycles. The van der Waals surface area contributed by atoms with E-state index in [1.165, 1.54) is 0 Å². The van der Waals surface area contributed by atoms with Gasteiger partial charge in [-0.15, -0.1) is 0 Å². The molecule has 2 aromatic rings. The molecule has 0 heterocycles. The van der Waals surface area contributed by atoms with Crippen molar-refractivity contribution in [3.63, 3.8) is 0 Å². The largest absolute Gasteiger partial charge is 0.497 e. The first-order valence-corrected chi connectivity index (χ1v) is 9.08. The van der Waals surface area contributed by atoms with Crippen LogP contribution in [0.3, 0.4) is 0 Å². The van der Waals surface area contributed by atoms with Crippen molar-refractivity contribution in [3.8, 4) is 5.75 Å². The summed E-state index contributed by atoms with van der Waals surface area (Å²) < 4.78 is 10.0. The van der Waals surface area contributed by atoms with Crippen LogP contribution in [-0.2, 0) is 4.74 Å². The highest BCUT2D eigenvalue weighted by Gasteiger charge is 2.10. The molecular formula is C20H23N3O4S. The zero-order valence-corrected chi connectivity index (χ0v) is 16.6. The van der Waals surface area contributed by atoms with Gasteiger partial charge in [0.05, 0.1) is 7.11 Å². The summed E-state index contributed by atoms with van der Waals surface area (Å²) in [6.45, 7) is 1.12. The van der Waals surface area contributed by atoms with Gasteiger partial charge in [-0.25, -0.2) is 0 Å². The summed E-state index contributed by atoms with van der Waals surface area (Å²) in [5.41, 5.74) is 1.55. The van der Waals surface area contributed by atoms with Crippen LogP contribution >= 0.6 is 12.2 Å². The lowest BCUT2D eigenvalue weighted by molar-refractivity contribution is 0.0946. The van der Waals surface area contributed by atoms with Crippen molar-refractivity contribution in [3.05, 3.63) is 59.7 Å². The zero-order valence-electron chi connectivity index (χ0n) is 15.8. The standard InChI is InChI=1S/C20H23N3O4S/c1-26-12-4-11-21-18(24)15-5-3-6-16(13-15)22-20(28)23-19(25)14-7-9-17(27-2)10-8-14/h3,5-10,13H,4,11-12H2,1-2H3,(H,21,24)(H2,22,23,25,28). The molecule has 0 unspecified atom stereocenters. The zero-order chi connectivity index (χ0) is 20.4. The fourth-order valence-electron chi connectivity index (χ4n) is 2.34. The van der Waals surface area contributed by atoms with Gasteiger partial charge in [0, 0.05) is 37.1 Å². The van der Waals surface area contributed by atoms with E-state index in [1.807, 2.05) is 0 Å². The number of anilines is 1. The van der Waals surface area contributed by atoms with E-state index in [9.17, 15) is 9.59 Å². The average molecular weight is 401 g/mol. The molecular weight excluding hydrogens is 378 g/mol. The number of hydrogen-bond donors (Lipinski definition) is 3. The topological polar surface area (TPSA) is 88.7 Å². The molecule has 2 aromatic carbocycles. The second kappa shape index (κ2) is 11.0. The van der Waals surface area contributed by atoms with Crippen LogP contribution in [0.25, 0.3) is 0 Å². The third kappa shape index (κ3) is 6.64. The van der Waals surface area contributed by atoms with Gasteiger partial charge in [-0.1, -0.05) is 6.07 Å². The maximum atomic E-state index is 12.2. The van der Waals surface area contributed by atoms with E-state index in [0.717, 1.165) is 6.42 Å². The Kier molecular flexibility index (Phi) is 8.38. The summed E-state index contributed by atoms with van der Waals surface area (Å²) in [6.07, 6.45) is 0.738. The highest BCUT2D eigenvalue weighted by atomic mass is 32.1. The lowest BCUT2D eigenvalue weighted by atomic mass is 10.2. The summed E-state index contributed by atoms with van der Waals surface area (Å²) in [5.74, 6) is 0.134. The highest BCUT2D eigenvalue weighted by Crippen LogP contribution is 2.12. The molecule has 3 N–H and O–H groups in total. The van der Waals surface area contributed by atoms with Gasteiger partial charge >= 0.3 is 0 Å². The van der Waals surface area contributed by atoms with Gasteiger partial charge in [-0.05, 0) is 61.1 Å². The summed E-state index contributed by atoms with van der Waals surface area (Å²) in [5, 5.41) is 8.47. The molecule has 2 rings (SSSR count). The van der Waals surface area contributed by atoms with Gasteiger partial charge in [0.25, 0.3) is 11.8 Å². The molecule has 0 aromatic heterocycles. The fourth-order valence-corrected chi connectivity index (χ4v) is 2.55. The molecule has 0 fully saturated rings. The third-order valence-electron chi connectivity index (χ3n) is 3.77. The molecule has 2 amide bonds. The van der Waals surface area contributed by atoms with Gasteiger partial charge in [-0.3, -0.25) is 14.9 Å². The van der Waals surface area contributed by atoms with Crippen LogP contribution in [0.1, 0.15) is 27.1 Å². The number of benzene rings is 2. The van der Waals surface area contributed by atoms with Gasteiger partial charge in [0.2, 0.25) is 0 Å². The number of methoxy groups -OCH3 is 2. The highest BCUT2D eigenvalue weighted by molar-refractivity contribution is 7.80. The summed E-state index contributed by atoms with van der Waals surface area (Å²) in [4.78, 5) is 24.4. The Bertz CT molecular complexity index is 824. The van der Waals surface area contributed by atoms with Crippen molar-refractivity contribution in [1.82, 2.24) is 10.6 Å². The molecule has 28 heavy (non-hydrogen) atoms. The van der Waals surface area contributed by atoms with E-state index in [0.29, 0.717) is 35.7 Å². The maximum Gasteiger partial charge on any atom is 0.257 e. The first kappa shape index (κ1) is 21.3. The minimum absolute atomic E-state index is 0.137. The first-order valence-electron chi connectivity index (χ1n) is 8.67. The van der Waals surface area contributed by atoms with Crippen molar-refractivity contribution >= 4 is 34.8 Å². The predicted molar refractivity (Wildman–Crippen MR) is 112 cm³/mol. The third-order valence-corrected chi connectivity index (χ3v) is 3.98. The van der Waals surface area contributed by atoms with Crippen molar-refractivity contribution in [2.45, 2.75) is 6.42 Å². The smallest absolute Gasteiger partial charge is 0.257 e. The van der Waals surface area contributed by atoms with Gasteiger partial charge in [0.15, 0.2) is 5.11 Å². The molecule has 0 aliphatic rings. The molecule has 0 spiro atoms. The van der Waals surface area contributed by atoms with Gasteiger partial charge < -0.3 is 20.1 Å². The number of carbonyl (C=O) groups is 2. The number of thiocarbonyl (C=S) groups is 1. The number of carbonyl (C=O) groups excluding carboxylic acids is 2. The number of rotatable bonds is 8. The Morgan fingerprint density at radius 3 is 2.43 bits per heavy atom. The summed E-state index contributed by atoms with van der Waals surface area (Å²) in [7, 11) is 3.18. The molecule has 0 aliphatic heterocycles. The molecule has 8 heteroatoms. The van der Waals surface area contributed by atoms with E-state index in [2.05, 4.69) is 16.0 Å². The van der Waals surface area contributed by atoms with Crippen LogP contribution < -0.4 is 20.7 Å². The van der Waals surface area contributed by atoms with E-state index < -0.39 is 0 Å². The lowest BCUT2D eigenvalue weighted by Crippen LogP contribution is -2.34. The molecule has 0 atom stereocenters. The molecule has 0 radical (unpaired) electrons.